The molecule has 3 heteroatoms. The summed E-state index contributed by atoms with van der Waals surface area (Å²) in [4.78, 5) is 0. The van der Waals surface area contributed by atoms with E-state index >= 15 is 0 Å². The quantitative estimate of drug-likeness (QED) is 0.879. The van der Waals surface area contributed by atoms with Crippen molar-refractivity contribution in [3.8, 4) is 0 Å². The van der Waals surface area contributed by atoms with E-state index in [1.165, 1.54) is 28.1 Å². The highest BCUT2D eigenvalue weighted by atomic mass is 15.3. The van der Waals surface area contributed by atoms with Crippen LogP contribution in [0.2, 0.25) is 0 Å². The van der Waals surface area contributed by atoms with Gasteiger partial charge in [-0.3, -0.25) is 4.68 Å². The molecular weight excluding hydrogens is 258 g/mol. The lowest BCUT2D eigenvalue weighted by Crippen LogP contribution is -2.21. The zero-order valence-electron chi connectivity index (χ0n) is 13.9. The lowest BCUT2D eigenvalue weighted by Gasteiger charge is -2.20. The van der Waals surface area contributed by atoms with Gasteiger partial charge < -0.3 is 5.32 Å². The van der Waals surface area contributed by atoms with Gasteiger partial charge in [0.05, 0.1) is 5.69 Å². The molecule has 0 aliphatic heterocycles. The molecule has 2 aromatic rings. The van der Waals surface area contributed by atoms with E-state index < -0.39 is 0 Å². The minimum Gasteiger partial charge on any atom is -0.313 e. The Morgan fingerprint density at radius 1 is 1.19 bits per heavy atom. The van der Waals surface area contributed by atoms with Gasteiger partial charge in [0.2, 0.25) is 0 Å². The molecule has 1 aromatic carbocycles. The molecule has 0 bridgehead atoms. The van der Waals surface area contributed by atoms with E-state index in [0.717, 1.165) is 19.4 Å². The van der Waals surface area contributed by atoms with Gasteiger partial charge in [0.1, 0.15) is 0 Å². The summed E-state index contributed by atoms with van der Waals surface area (Å²) in [6.45, 7) is 9.59. The van der Waals surface area contributed by atoms with Crippen molar-refractivity contribution in [3.63, 3.8) is 0 Å². The van der Waals surface area contributed by atoms with Gasteiger partial charge >= 0.3 is 0 Å². The maximum atomic E-state index is 4.66. The Morgan fingerprint density at radius 3 is 2.57 bits per heavy atom. The normalized spacial score (nSPS) is 12.6. The molecule has 2 rings (SSSR count). The molecule has 0 radical (unpaired) electrons. The molecular formula is C18H27N3. The van der Waals surface area contributed by atoms with Crippen molar-refractivity contribution in [1.29, 1.82) is 0 Å². The number of likely N-dealkylation sites (N-methyl/N-ethyl adjacent to an activating group) is 1. The zero-order valence-corrected chi connectivity index (χ0v) is 13.9. The molecule has 0 saturated carbocycles. The summed E-state index contributed by atoms with van der Waals surface area (Å²) in [5.41, 5.74) is 6.55. The molecule has 1 heterocycles. The Hall–Kier alpha value is -1.61. The first kappa shape index (κ1) is 15.8. The largest absolute Gasteiger partial charge is 0.313 e. The first-order valence-electron chi connectivity index (χ1n) is 7.89. The third kappa shape index (κ3) is 3.53. The highest BCUT2D eigenvalue weighted by molar-refractivity contribution is 5.34. The smallest absolute Gasteiger partial charge is 0.0624 e. The minimum atomic E-state index is 0.330. The van der Waals surface area contributed by atoms with Crippen LogP contribution in [-0.4, -0.2) is 16.8 Å². The second-order valence-corrected chi connectivity index (χ2v) is 5.70. The summed E-state index contributed by atoms with van der Waals surface area (Å²) in [5.74, 6) is 0. The van der Waals surface area contributed by atoms with E-state index in [4.69, 9.17) is 0 Å². The van der Waals surface area contributed by atoms with Crippen molar-refractivity contribution in [1.82, 2.24) is 15.1 Å². The van der Waals surface area contributed by atoms with Crippen molar-refractivity contribution >= 4 is 0 Å². The maximum Gasteiger partial charge on any atom is 0.0624 e. The van der Waals surface area contributed by atoms with Crippen molar-refractivity contribution in [3.05, 3.63) is 52.3 Å². The van der Waals surface area contributed by atoms with Crippen molar-refractivity contribution in [2.45, 2.75) is 53.1 Å². The molecule has 0 spiro atoms. The van der Waals surface area contributed by atoms with Crippen LogP contribution in [0.1, 0.15) is 48.0 Å². The van der Waals surface area contributed by atoms with Crippen LogP contribution in [0, 0.1) is 13.8 Å². The number of aryl methyl sites for hydroxylation is 4. The average Bonchev–Trinajstić information content (AvgIpc) is 2.89. The van der Waals surface area contributed by atoms with Gasteiger partial charge in [-0.15, -0.1) is 0 Å². The van der Waals surface area contributed by atoms with Gasteiger partial charge in [0, 0.05) is 24.7 Å². The standard InChI is InChI=1S/C18H27N3/c1-6-15-11-16(21(7-2)20-15)12-18(19-5)17-10-13(3)8-9-14(17)4/h8-11,18-19H,6-7,12H2,1-5H3. The van der Waals surface area contributed by atoms with E-state index in [0.29, 0.717) is 6.04 Å². The topological polar surface area (TPSA) is 29.9 Å². The van der Waals surface area contributed by atoms with Gasteiger partial charge in [-0.25, -0.2) is 0 Å². The Kier molecular flexibility index (Phi) is 5.18. The molecule has 0 fully saturated rings. The Balaban J connectivity index is 2.30. The SMILES string of the molecule is CCc1cc(CC(NC)c2cc(C)ccc2C)n(CC)n1. The molecule has 21 heavy (non-hydrogen) atoms. The first-order chi connectivity index (χ1) is 10.1. The molecule has 0 aliphatic carbocycles. The number of aromatic nitrogens is 2. The van der Waals surface area contributed by atoms with Gasteiger partial charge in [0.25, 0.3) is 0 Å². The van der Waals surface area contributed by atoms with Crippen LogP contribution in [0.25, 0.3) is 0 Å². The summed E-state index contributed by atoms with van der Waals surface area (Å²) >= 11 is 0. The molecule has 0 aliphatic rings. The van der Waals surface area contributed by atoms with Gasteiger partial charge in [0.15, 0.2) is 0 Å². The van der Waals surface area contributed by atoms with Crippen molar-refractivity contribution in [2.75, 3.05) is 7.05 Å². The monoisotopic (exact) mass is 285 g/mol. The highest BCUT2D eigenvalue weighted by Gasteiger charge is 2.16. The van der Waals surface area contributed by atoms with Crippen LogP contribution in [0.5, 0.6) is 0 Å². The molecule has 1 aromatic heterocycles. The van der Waals surface area contributed by atoms with E-state index in [-0.39, 0.29) is 0 Å². The van der Waals surface area contributed by atoms with Crippen LogP contribution < -0.4 is 5.32 Å². The third-order valence-electron chi connectivity index (χ3n) is 4.15. The number of nitrogens with zero attached hydrogens (tertiary/aromatic N) is 2. The van der Waals surface area contributed by atoms with Crippen LogP contribution >= 0.6 is 0 Å². The molecule has 1 unspecified atom stereocenters. The predicted molar refractivity (Wildman–Crippen MR) is 88.7 cm³/mol. The Labute approximate surface area is 128 Å². The summed E-state index contributed by atoms with van der Waals surface area (Å²) < 4.78 is 2.13. The fourth-order valence-electron chi connectivity index (χ4n) is 2.84. The van der Waals surface area contributed by atoms with E-state index in [2.05, 4.69) is 67.1 Å². The fourth-order valence-corrected chi connectivity index (χ4v) is 2.84. The predicted octanol–water partition coefficient (Wildman–Crippen LogP) is 3.59. The minimum absolute atomic E-state index is 0.330. The van der Waals surface area contributed by atoms with Crippen LogP contribution in [0.3, 0.4) is 0 Å². The summed E-state index contributed by atoms with van der Waals surface area (Å²) in [6.07, 6.45) is 1.97. The first-order valence-corrected chi connectivity index (χ1v) is 7.89. The molecule has 1 N–H and O–H groups in total. The third-order valence-corrected chi connectivity index (χ3v) is 4.15. The lowest BCUT2D eigenvalue weighted by atomic mass is 9.95. The van der Waals surface area contributed by atoms with Crippen LogP contribution in [0.4, 0.5) is 0 Å². The molecule has 1 atom stereocenters. The second kappa shape index (κ2) is 6.90. The Bertz CT molecular complexity index is 599. The zero-order chi connectivity index (χ0) is 15.4. The van der Waals surface area contributed by atoms with Crippen LogP contribution in [0.15, 0.2) is 24.3 Å². The number of benzene rings is 1. The summed E-state index contributed by atoms with van der Waals surface area (Å²) in [5, 5.41) is 8.13. The van der Waals surface area contributed by atoms with E-state index in [9.17, 15) is 0 Å². The summed E-state index contributed by atoms with van der Waals surface area (Å²) in [7, 11) is 2.04. The molecule has 3 nitrogen and oxygen atoms in total. The molecule has 0 saturated heterocycles. The van der Waals surface area contributed by atoms with Crippen molar-refractivity contribution in [2.24, 2.45) is 0 Å². The Morgan fingerprint density at radius 2 is 1.95 bits per heavy atom. The number of rotatable bonds is 6. The highest BCUT2D eigenvalue weighted by Crippen LogP contribution is 2.23. The number of hydrogen-bond donors (Lipinski definition) is 1. The van der Waals surface area contributed by atoms with Crippen molar-refractivity contribution < 1.29 is 0 Å². The van der Waals surface area contributed by atoms with Gasteiger partial charge in [-0.1, -0.05) is 30.7 Å². The number of nitrogens with one attached hydrogen (secondary N) is 1. The van der Waals surface area contributed by atoms with E-state index in [1.54, 1.807) is 0 Å². The van der Waals surface area contributed by atoms with Gasteiger partial charge in [-0.05, 0) is 51.4 Å². The lowest BCUT2D eigenvalue weighted by molar-refractivity contribution is 0.538. The average molecular weight is 285 g/mol. The molecule has 114 valence electrons. The van der Waals surface area contributed by atoms with Gasteiger partial charge in [-0.2, -0.15) is 5.10 Å². The van der Waals surface area contributed by atoms with E-state index in [1.807, 2.05) is 7.05 Å². The fraction of sp³-hybridized carbons (Fsp3) is 0.500. The molecule has 0 amide bonds. The summed E-state index contributed by atoms with van der Waals surface area (Å²) in [6, 6.07) is 9.26. The maximum absolute atomic E-state index is 4.66. The van der Waals surface area contributed by atoms with Crippen LogP contribution in [-0.2, 0) is 19.4 Å². The number of hydrogen-bond acceptors (Lipinski definition) is 2. The second-order valence-electron chi connectivity index (χ2n) is 5.70.